The molecule has 0 bridgehead atoms. The number of hydrogen-bond acceptors (Lipinski definition) is 5. The maximum atomic E-state index is 10.7. The second-order valence-corrected chi connectivity index (χ2v) is 3.21. The minimum Gasteiger partial charge on any atom is -0.487 e. The van der Waals surface area contributed by atoms with Gasteiger partial charge in [-0.25, -0.2) is 0 Å². The molecule has 6 heteroatoms. The highest BCUT2D eigenvalue weighted by molar-refractivity contribution is 5.77. The van der Waals surface area contributed by atoms with Crippen molar-refractivity contribution in [1.29, 1.82) is 5.26 Å². The van der Waals surface area contributed by atoms with E-state index in [4.69, 9.17) is 10.00 Å². The van der Waals surface area contributed by atoms with Crippen LogP contribution in [0.1, 0.15) is 23.2 Å². The maximum absolute atomic E-state index is 10.7. The van der Waals surface area contributed by atoms with E-state index in [-0.39, 0.29) is 23.6 Å². The fourth-order valence-corrected chi connectivity index (χ4v) is 1.21. The molecule has 0 saturated heterocycles. The van der Waals surface area contributed by atoms with Crippen molar-refractivity contribution in [2.24, 2.45) is 0 Å². The number of nitro benzene ring substituents is 1. The van der Waals surface area contributed by atoms with Crippen molar-refractivity contribution in [3.63, 3.8) is 0 Å². The van der Waals surface area contributed by atoms with Crippen LogP contribution in [0, 0.1) is 21.4 Å². The number of nitriles is 1. The largest absolute Gasteiger partial charge is 0.487 e. The van der Waals surface area contributed by atoms with Crippen LogP contribution in [-0.2, 0) is 0 Å². The fraction of sp³-hybridized carbons (Fsp3) is 0.273. The summed E-state index contributed by atoms with van der Waals surface area (Å²) in [6.45, 7) is 0.231. The molecule has 0 fully saturated rings. The molecule has 0 aromatic heterocycles. The number of ether oxygens (including phenoxy) is 1. The molecule has 17 heavy (non-hydrogen) atoms. The highest BCUT2D eigenvalue weighted by Crippen LogP contribution is 2.27. The van der Waals surface area contributed by atoms with Gasteiger partial charge in [-0.15, -0.1) is 0 Å². The molecule has 1 aromatic rings. The molecule has 0 amide bonds. The zero-order valence-corrected chi connectivity index (χ0v) is 8.96. The number of unbranched alkanes of at least 4 members (excludes halogenated alkanes) is 1. The first-order chi connectivity index (χ1) is 8.19. The summed E-state index contributed by atoms with van der Waals surface area (Å²) < 4.78 is 5.19. The predicted molar refractivity (Wildman–Crippen MR) is 58.8 cm³/mol. The molecule has 6 nitrogen and oxygen atoms in total. The maximum Gasteiger partial charge on any atom is 0.311 e. The molecular weight excluding hydrogens is 224 g/mol. The first kappa shape index (κ1) is 12.6. The number of rotatable bonds is 6. The molecule has 0 N–H and O–H groups in total. The van der Waals surface area contributed by atoms with Crippen LogP contribution in [0.5, 0.6) is 5.75 Å². The van der Waals surface area contributed by atoms with Crippen molar-refractivity contribution in [2.75, 3.05) is 6.61 Å². The Balaban J connectivity index is 2.80. The first-order valence-corrected chi connectivity index (χ1v) is 4.92. The Kier molecular flexibility index (Phi) is 4.63. The van der Waals surface area contributed by atoms with Crippen LogP contribution in [0.25, 0.3) is 0 Å². The van der Waals surface area contributed by atoms with Gasteiger partial charge in [-0.1, -0.05) is 0 Å². The quantitative estimate of drug-likeness (QED) is 0.325. The Morgan fingerprint density at radius 1 is 1.53 bits per heavy atom. The van der Waals surface area contributed by atoms with Crippen molar-refractivity contribution in [3.05, 3.63) is 33.9 Å². The molecule has 1 aromatic carbocycles. The van der Waals surface area contributed by atoms with Crippen molar-refractivity contribution in [3.8, 4) is 11.8 Å². The van der Waals surface area contributed by atoms with Gasteiger partial charge in [-0.2, -0.15) is 5.26 Å². The third kappa shape index (κ3) is 3.57. The Labute approximate surface area is 97.6 Å². The number of benzene rings is 1. The van der Waals surface area contributed by atoms with E-state index in [0.717, 1.165) is 6.07 Å². The van der Waals surface area contributed by atoms with Gasteiger partial charge in [0.15, 0.2) is 5.75 Å². The highest BCUT2D eigenvalue weighted by Gasteiger charge is 2.15. The number of hydrogen-bond donors (Lipinski definition) is 0. The summed E-state index contributed by atoms with van der Waals surface area (Å²) in [5.74, 6) is 0.110. The van der Waals surface area contributed by atoms with Crippen LogP contribution in [0.15, 0.2) is 18.2 Å². The van der Waals surface area contributed by atoms with Crippen molar-refractivity contribution >= 4 is 12.0 Å². The fourth-order valence-electron chi connectivity index (χ4n) is 1.21. The lowest BCUT2D eigenvalue weighted by atomic mass is 10.2. The lowest BCUT2D eigenvalue weighted by Crippen LogP contribution is -2.01. The second-order valence-electron chi connectivity index (χ2n) is 3.21. The Bertz CT molecular complexity index is 465. The molecule has 88 valence electrons. The summed E-state index contributed by atoms with van der Waals surface area (Å²) in [6, 6.07) is 5.94. The van der Waals surface area contributed by atoms with Crippen LogP contribution >= 0.6 is 0 Å². The molecule has 0 unspecified atom stereocenters. The van der Waals surface area contributed by atoms with Gasteiger partial charge < -0.3 is 4.74 Å². The standard InChI is InChI=1S/C11H10N2O4/c12-5-1-2-6-17-11-4-3-9(8-14)7-10(11)13(15)16/h3-4,7-8H,1-2,6H2. The summed E-state index contributed by atoms with van der Waals surface area (Å²) in [5.41, 5.74) is -0.0207. The molecule has 0 spiro atoms. The van der Waals surface area contributed by atoms with E-state index in [1.54, 1.807) is 0 Å². The van der Waals surface area contributed by atoms with Crippen LogP contribution in [-0.4, -0.2) is 17.8 Å². The van der Waals surface area contributed by atoms with Crippen molar-refractivity contribution in [1.82, 2.24) is 0 Å². The molecule has 1 rings (SSSR count). The van der Waals surface area contributed by atoms with Crippen LogP contribution < -0.4 is 4.74 Å². The Morgan fingerprint density at radius 2 is 2.29 bits per heavy atom. The molecule has 0 radical (unpaired) electrons. The third-order valence-electron chi connectivity index (χ3n) is 2.01. The topological polar surface area (TPSA) is 93.2 Å². The van der Waals surface area contributed by atoms with E-state index in [1.807, 2.05) is 6.07 Å². The van der Waals surface area contributed by atoms with E-state index in [0.29, 0.717) is 19.1 Å². The number of aldehydes is 1. The normalized spacial score (nSPS) is 9.35. The van der Waals surface area contributed by atoms with E-state index >= 15 is 0 Å². The molecular formula is C11H10N2O4. The van der Waals surface area contributed by atoms with Crippen molar-refractivity contribution in [2.45, 2.75) is 12.8 Å². The van der Waals surface area contributed by atoms with Gasteiger partial charge in [0.25, 0.3) is 0 Å². The van der Waals surface area contributed by atoms with Gasteiger partial charge in [0.05, 0.1) is 17.6 Å². The molecule has 0 heterocycles. The van der Waals surface area contributed by atoms with Crippen LogP contribution in [0.2, 0.25) is 0 Å². The van der Waals surface area contributed by atoms with Crippen LogP contribution in [0.4, 0.5) is 5.69 Å². The summed E-state index contributed by atoms with van der Waals surface area (Å²) in [7, 11) is 0. The summed E-state index contributed by atoms with van der Waals surface area (Å²) in [6.07, 6.45) is 1.37. The molecule has 0 aliphatic rings. The lowest BCUT2D eigenvalue weighted by Gasteiger charge is -2.05. The predicted octanol–water partition coefficient (Wildman–Crippen LogP) is 2.09. The van der Waals surface area contributed by atoms with Gasteiger partial charge in [0, 0.05) is 18.1 Å². The van der Waals surface area contributed by atoms with Gasteiger partial charge in [0.1, 0.15) is 6.29 Å². The first-order valence-electron chi connectivity index (χ1n) is 4.92. The van der Waals surface area contributed by atoms with E-state index in [2.05, 4.69) is 0 Å². The highest BCUT2D eigenvalue weighted by atomic mass is 16.6. The number of nitro groups is 1. The molecule has 0 aliphatic heterocycles. The van der Waals surface area contributed by atoms with Crippen molar-refractivity contribution < 1.29 is 14.5 Å². The third-order valence-corrected chi connectivity index (χ3v) is 2.01. The van der Waals surface area contributed by atoms with E-state index in [9.17, 15) is 14.9 Å². The van der Waals surface area contributed by atoms with Gasteiger partial charge in [-0.05, 0) is 18.6 Å². The van der Waals surface area contributed by atoms with E-state index < -0.39 is 4.92 Å². The summed E-state index contributed by atoms with van der Waals surface area (Å²) in [5, 5.41) is 19.1. The average Bonchev–Trinajstić information content (AvgIpc) is 2.34. The average molecular weight is 234 g/mol. The summed E-state index contributed by atoms with van der Waals surface area (Å²) in [4.78, 5) is 20.6. The molecule has 0 saturated carbocycles. The lowest BCUT2D eigenvalue weighted by molar-refractivity contribution is -0.385. The minimum atomic E-state index is -0.605. The van der Waals surface area contributed by atoms with E-state index in [1.165, 1.54) is 12.1 Å². The monoisotopic (exact) mass is 234 g/mol. The van der Waals surface area contributed by atoms with Gasteiger partial charge in [-0.3, -0.25) is 14.9 Å². The van der Waals surface area contributed by atoms with Crippen LogP contribution in [0.3, 0.4) is 0 Å². The van der Waals surface area contributed by atoms with Gasteiger partial charge >= 0.3 is 5.69 Å². The smallest absolute Gasteiger partial charge is 0.311 e. The SMILES string of the molecule is N#CCCCOc1ccc(C=O)cc1[N+](=O)[O-]. The Hall–Kier alpha value is -2.42. The Morgan fingerprint density at radius 3 is 2.88 bits per heavy atom. The zero-order chi connectivity index (χ0) is 12.7. The van der Waals surface area contributed by atoms with Gasteiger partial charge in [0.2, 0.25) is 0 Å². The number of nitrogens with zero attached hydrogens (tertiary/aromatic N) is 2. The molecule has 0 atom stereocenters. The number of carbonyl (C=O) groups excluding carboxylic acids is 1. The summed E-state index contributed by atoms with van der Waals surface area (Å²) >= 11 is 0. The number of carbonyl (C=O) groups is 1. The minimum absolute atomic E-state index is 0.110. The zero-order valence-electron chi connectivity index (χ0n) is 8.96. The second kappa shape index (κ2) is 6.23. The molecule has 0 aliphatic carbocycles.